The zero-order chi connectivity index (χ0) is 12.3. The summed E-state index contributed by atoms with van der Waals surface area (Å²) in [5, 5.41) is 2.35. The van der Waals surface area contributed by atoms with Crippen LogP contribution in [0.2, 0.25) is 0 Å². The number of nitrogens with one attached hydrogen (secondary N) is 1. The minimum atomic E-state index is -0.793. The van der Waals surface area contributed by atoms with Crippen molar-refractivity contribution < 1.29 is 14.0 Å². The van der Waals surface area contributed by atoms with Gasteiger partial charge in [0.25, 0.3) is 5.91 Å². The zero-order valence-electron chi connectivity index (χ0n) is 8.66. The molecule has 5 N–H and O–H groups in total. The smallest absolute Gasteiger partial charge is 0.251 e. The van der Waals surface area contributed by atoms with Crippen LogP contribution in [-0.4, -0.2) is 17.9 Å². The van der Waals surface area contributed by atoms with E-state index in [1.807, 2.05) is 0 Å². The lowest BCUT2D eigenvalue weighted by molar-refractivity contribution is -0.119. The van der Waals surface area contributed by atoms with Crippen molar-refractivity contribution in [2.24, 2.45) is 5.73 Å². The molecule has 1 rings (SSSR count). The van der Waals surface area contributed by atoms with E-state index in [1.165, 1.54) is 19.1 Å². The maximum Gasteiger partial charge on any atom is 0.251 e. The lowest BCUT2D eigenvalue weighted by atomic mass is 10.1. The van der Waals surface area contributed by atoms with Gasteiger partial charge in [0.05, 0.1) is 5.69 Å². The fraction of sp³-hybridized carbons (Fsp3) is 0.200. The highest BCUT2D eigenvalue weighted by atomic mass is 19.1. The average Bonchev–Trinajstić information content (AvgIpc) is 2.21. The second-order valence-corrected chi connectivity index (χ2v) is 3.33. The van der Waals surface area contributed by atoms with Crippen LogP contribution in [0.4, 0.5) is 10.1 Å². The monoisotopic (exact) mass is 225 g/mol. The Morgan fingerprint density at radius 1 is 1.44 bits per heavy atom. The lowest BCUT2D eigenvalue weighted by Crippen LogP contribution is -2.42. The van der Waals surface area contributed by atoms with Gasteiger partial charge in [-0.1, -0.05) is 0 Å². The molecule has 0 radical (unpaired) electrons. The number of primary amides is 1. The Morgan fingerprint density at radius 3 is 2.56 bits per heavy atom. The molecule has 0 heterocycles. The van der Waals surface area contributed by atoms with E-state index in [9.17, 15) is 14.0 Å². The molecule has 5 nitrogen and oxygen atoms in total. The topological polar surface area (TPSA) is 98.2 Å². The number of carbonyl (C=O) groups excluding carboxylic acids is 2. The Kier molecular flexibility index (Phi) is 3.44. The molecule has 6 heteroatoms. The normalized spacial score (nSPS) is 11.9. The highest BCUT2D eigenvalue weighted by molar-refractivity contribution is 5.97. The van der Waals surface area contributed by atoms with Crippen molar-refractivity contribution in [2.45, 2.75) is 13.0 Å². The number of amides is 2. The number of hydrogen-bond donors (Lipinski definition) is 3. The molecule has 0 aromatic heterocycles. The van der Waals surface area contributed by atoms with Crippen LogP contribution in [0, 0.1) is 5.82 Å². The summed E-state index contributed by atoms with van der Waals surface area (Å²) < 4.78 is 12.8. The summed E-state index contributed by atoms with van der Waals surface area (Å²) in [7, 11) is 0. The maximum atomic E-state index is 12.8. The third-order valence-corrected chi connectivity index (χ3v) is 2.03. The summed E-state index contributed by atoms with van der Waals surface area (Å²) in [6.07, 6.45) is 0. The van der Waals surface area contributed by atoms with Gasteiger partial charge in [0.1, 0.15) is 11.9 Å². The molecule has 0 aliphatic rings. The van der Waals surface area contributed by atoms with E-state index in [0.717, 1.165) is 6.07 Å². The summed E-state index contributed by atoms with van der Waals surface area (Å²) in [6.45, 7) is 1.45. The fourth-order valence-electron chi connectivity index (χ4n) is 1.04. The minimum Gasteiger partial charge on any atom is -0.396 e. The number of hydrogen-bond acceptors (Lipinski definition) is 3. The average molecular weight is 225 g/mol. The Bertz CT molecular complexity index is 434. The minimum absolute atomic E-state index is 0.126. The molecule has 2 amide bonds. The highest BCUT2D eigenvalue weighted by Gasteiger charge is 2.14. The molecule has 0 fully saturated rings. The summed E-state index contributed by atoms with van der Waals surface area (Å²) >= 11 is 0. The van der Waals surface area contributed by atoms with Crippen LogP contribution in [0.3, 0.4) is 0 Å². The van der Waals surface area contributed by atoms with Crippen molar-refractivity contribution in [3.05, 3.63) is 29.6 Å². The van der Waals surface area contributed by atoms with Gasteiger partial charge >= 0.3 is 0 Å². The van der Waals surface area contributed by atoms with Crippen LogP contribution in [-0.2, 0) is 4.79 Å². The van der Waals surface area contributed by atoms with Crippen LogP contribution in [0.25, 0.3) is 0 Å². The molecule has 86 valence electrons. The van der Waals surface area contributed by atoms with Crippen LogP contribution in [0.15, 0.2) is 18.2 Å². The number of anilines is 1. The van der Waals surface area contributed by atoms with Crippen molar-refractivity contribution in [3.8, 4) is 0 Å². The Morgan fingerprint density at radius 2 is 2.06 bits per heavy atom. The second kappa shape index (κ2) is 4.61. The molecular weight excluding hydrogens is 213 g/mol. The van der Waals surface area contributed by atoms with Gasteiger partial charge in [-0.3, -0.25) is 9.59 Å². The van der Waals surface area contributed by atoms with Gasteiger partial charge in [-0.05, 0) is 25.1 Å². The van der Waals surface area contributed by atoms with Gasteiger partial charge in [-0.2, -0.15) is 0 Å². The molecule has 0 bridgehead atoms. The molecule has 0 aliphatic heterocycles. The maximum absolute atomic E-state index is 12.8. The molecular formula is C10H12FN3O2. The van der Waals surface area contributed by atoms with Crippen LogP contribution < -0.4 is 16.8 Å². The highest BCUT2D eigenvalue weighted by Crippen LogP contribution is 2.12. The first-order chi connectivity index (χ1) is 7.41. The lowest BCUT2D eigenvalue weighted by Gasteiger charge is -2.10. The number of nitrogens with two attached hydrogens (primary N) is 2. The van der Waals surface area contributed by atoms with E-state index in [4.69, 9.17) is 11.5 Å². The molecule has 0 saturated heterocycles. The van der Waals surface area contributed by atoms with E-state index in [2.05, 4.69) is 5.32 Å². The quantitative estimate of drug-likeness (QED) is 0.632. The number of halogens is 1. The van der Waals surface area contributed by atoms with E-state index in [1.54, 1.807) is 0 Å². The fourth-order valence-corrected chi connectivity index (χ4v) is 1.04. The largest absolute Gasteiger partial charge is 0.396 e. The molecule has 1 aromatic rings. The number of nitrogen functional groups attached to an aromatic ring is 1. The van der Waals surface area contributed by atoms with Crippen molar-refractivity contribution >= 4 is 17.5 Å². The molecule has 0 spiro atoms. The molecule has 1 atom stereocenters. The van der Waals surface area contributed by atoms with Crippen LogP contribution >= 0.6 is 0 Å². The Hall–Kier alpha value is -2.11. The van der Waals surface area contributed by atoms with E-state index >= 15 is 0 Å². The molecule has 0 aliphatic carbocycles. The van der Waals surface area contributed by atoms with Crippen molar-refractivity contribution in [1.82, 2.24) is 5.32 Å². The molecule has 0 saturated carbocycles. The predicted octanol–water partition coefficient (Wildman–Crippen LogP) is 0.0115. The summed E-state index contributed by atoms with van der Waals surface area (Å²) in [6, 6.07) is 2.76. The zero-order valence-corrected chi connectivity index (χ0v) is 8.66. The van der Waals surface area contributed by atoms with Gasteiger partial charge in [-0.15, -0.1) is 0 Å². The van der Waals surface area contributed by atoms with Gasteiger partial charge in [0.15, 0.2) is 0 Å². The first-order valence-electron chi connectivity index (χ1n) is 4.57. The van der Waals surface area contributed by atoms with Crippen molar-refractivity contribution in [1.29, 1.82) is 0 Å². The van der Waals surface area contributed by atoms with Gasteiger partial charge in [0, 0.05) is 5.56 Å². The predicted molar refractivity (Wildman–Crippen MR) is 56.9 cm³/mol. The summed E-state index contributed by atoms with van der Waals surface area (Å²) in [5.41, 5.74) is 10.3. The third-order valence-electron chi connectivity index (χ3n) is 2.03. The van der Waals surface area contributed by atoms with Gasteiger partial charge < -0.3 is 16.8 Å². The van der Waals surface area contributed by atoms with E-state index in [0.29, 0.717) is 0 Å². The standard InChI is InChI=1S/C10H12FN3O2/c1-5(9(13)15)14-10(16)6-2-3-7(11)8(12)4-6/h2-5H,12H2,1H3,(H2,13,15)(H,14,16). The molecule has 1 unspecified atom stereocenters. The Balaban J connectivity index is 2.81. The van der Waals surface area contributed by atoms with Crippen molar-refractivity contribution in [2.75, 3.05) is 5.73 Å². The SMILES string of the molecule is CC(NC(=O)c1ccc(F)c(N)c1)C(N)=O. The summed E-state index contributed by atoms with van der Waals surface area (Å²) in [5.74, 6) is -1.78. The van der Waals surface area contributed by atoms with Crippen LogP contribution in [0.1, 0.15) is 17.3 Å². The second-order valence-electron chi connectivity index (χ2n) is 3.33. The van der Waals surface area contributed by atoms with Gasteiger partial charge in [0.2, 0.25) is 5.91 Å². The van der Waals surface area contributed by atoms with Gasteiger partial charge in [-0.25, -0.2) is 4.39 Å². The number of carbonyl (C=O) groups is 2. The number of rotatable bonds is 3. The molecule has 16 heavy (non-hydrogen) atoms. The molecule has 1 aromatic carbocycles. The first kappa shape index (κ1) is 12.0. The van der Waals surface area contributed by atoms with Crippen LogP contribution in [0.5, 0.6) is 0 Å². The van der Waals surface area contributed by atoms with E-state index < -0.39 is 23.7 Å². The van der Waals surface area contributed by atoms with E-state index in [-0.39, 0.29) is 11.3 Å². The number of benzene rings is 1. The third kappa shape index (κ3) is 2.69. The van der Waals surface area contributed by atoms with Crippen molar-refractivity contribution in [3.63, 3.8) is 0 Å². The summed E-state index contributed by atoms with van der Waals surface area (Å²) in [4.78, 5) is 22.2. The first-order valence-corrected chi connectivity index (χ1v) is 4.57. The Labute approximate surface area is 91.6 Å².